The predicted molar refractivity (Wildman–Crippen MR) is 68.8 cm³/mol. The van der Waals surface area contributed by atoms with E-state index < -0.39 is 61.3 Å². The van der Waals surface area contributed by atoms with Gasteiger partial charge in [-0.05, 0) is 0 Å². The van der Waals surface area contributed by atoms with Gasteiger partial charge >= 0.3 is 151 Å². The van der Waals surface area contributed by atoms with Gasteiger partial charge in [-0.25, -0.2) is 0 Å². The molecule has 0 aromatic rings. The van der Waals surface area contributed by atoms with Crippen LogP contribution in [0.4, 0.5) is 52.7 Å². The summed E-state index contributed by atoms with van der Waals surface area (Å²) in [4.78, 5) is 0. The summed E-state index contributed by atoms with van der Waals surface area (Å²) in [6.07, 6.45) is -30.7. The van der Waals surface area contributed by atoms with Crippen molar-refractivity contribution in [3.05, 3.63) is 0 Å². The SMILES string of the molecule is CCSP12(COCO1)OC(C(F)(F)F)(C(F)(F)F)C(C(F)(F)F)(C(F)(F)F)O2. The molecule has 2 saturated heterocycles. The molecule has 0 amide bonds. The molecule has 0 aromatic carbocycles. The van der Waals surface area contributed by atoms with Crippen LogP contribution in [0.2, 0.25) is 0 Å². The third kappa shape index (κ3) is 2.83. The summed E-state index contributed by atoms with van der Waals surface area (Å²) in [5.41, 5.74) is -13.7. The summed E-state index contributed by atoms with van der Waals surface area (Å²) in [6, 6.07) is 0. The van der Waals surface area contributed by atoms with Gasteiger partial charge in [-0.2, -0.15) is 0 Å². The molecule has 0 bridgehead atoms. The molecule has 0 radical (unpaired) electrons. The molecule has 1 spiro atoms. The van der Waals surface area contributed by atoms with E-state index in [0.717, 1.165) is 6.92 Å². The van der Waals surface area contributed by atoms with E-state index in [4.69, 9.17) is 0 Å². The number of ether oxygens (including phenoxy) is 1. The van der Waals surface area contributed by atoms with E-state index in [0.29, 0.717) is 0 Å². The maximum absolute atomic E-state index is 13.5. The molecule has 0 atom stereocenters. The molecule has 2 fully saturated rings. The second kappa shape index (κ2) is 6.15. The zero-order valence-corrected chi connectivity index (χ0v) is 14.9. The fourth-order valence-corrected chi connectivity index (χ4v) is 9.59. The van der Waals surface area contributed by atoms with Gasteiger partial charge in [0.05, 0.1) is 0 Å². The molecular weight excluding hydrogens is 475 g/mol. The third-order valence-electron chi connectivity index (χ3n) is 3.79. The Kier molecular flexibility index (Phi) is 5.29. The van der Waals surface area contributed by atoms with Gasteiger partial charge in [0, 0.05) is 0 Å². The van der Waals surface area contributed by atoms with Gasteiger partial charge in [0.2, 0.25) is 0 Å². The van der Waals surface area contributed by atoms with Crippen molar-refractivity contribution in [2.24, 2.45) is 0 Å². The number of hydrogen-bond donors (Lipinski definition) is 0. The molecule has 2 heterocycles. The van der Waals surface area contributed by atoms with Crippen molar-refractivity contribution in [1.29, 1.82) is 0 Å². The van der Waals surface area contributed by atoms with E-state index >= 15 is 0 Å². The van der Waals surface area contributed by atoms with Gasteiger partial charge < -0.3 is 0 Å². The van der Waals surface area contributed by atoms with Crippen LogP contribution >= 0.6 is 17.9 Å². The van der Waals surface area contributed by atoms with Crippen LogP contribution in [0.5, 0.6) is 0 Å². The van der Waals surface area contributed by atoms with Crippen molar-refractivity contribution in [2.75, 3.05) is 18.9 Å². The average Bonchev–Trinajstić information content (AvgIpc) is 2.97. The summed E-state index contributed by atoms with van der Waals surface area (Å²) in [6.45, 7) is -6.63. The number of hydrogen-bond acceptors (Lipinski definition) is 5. The Morgan fingerprint density at radius 2 is 1.11 bits per heavy atom. The Bertz CT molecular complexity index is 548. The van der Waals surface area contributed by atoms with Crippen LogP contribution in [-0.4, -0.2) is 54.8 Å². The van der Waals surface area contributed by atoms with E-state index in [1.807, 2.05) is 0 Å². The van der Waals surface area contributed by atoms with Gasteiger partial charge in [-0.3, -0.25) is 0 Å². The molecule has 0 N–H and O–H groups in total. The Labute approximate surface area is 151 Å². The minimum atomic E-state index is -7.27. The first-order valence-corrected chi connectivity index (χ1v) is 10.6. The molecule has 0 unspecified atom stereocenters. The van der Waals surface area contributed by atoms with Crippen LogP contribution in [0.1, 0.15) is 6.92 Å². The molecule has 0 saturated carbocycles. The summed E-state index contributed by atoms with van der Waals surface area (Å²) < 4.78 is 178. The zero-order valence-electron chi connectivity index (χ0n) is 13.1. The fraction of sp³-hybridized carbons (Fsp3) is 1.00. The monoisotopic (exact) mass is 484 g/mol. The van der Waals surface area contributed by atoms with Crippen LogP contribution in [0.25, 0.3) is 0 Å². The van der Waals surface area contributed by atoms with E-state index in [1.165, 1.54) is 0 Å². The standard InChI is InChI=1S/C10H9F12O4PS/c1-2-28-27(4-23-3-24-27)25-5(7(11,12)13,8(14,15)16)6(26-27,9(17,18)19)10(20,21)22/h2-4H2,1H3. The molecule has 18 heteroatoms. The Morgan fingerprint density at radius 3 is 1.32 bits per heavy atom. The Morgan fingerprint density at radius 1 is 0.750 bits per heavy atom. The molecular formula is C10H9F12O4PS. The number of halogens is 12. The van der Waals surface area contributed by atoms with E-state index in [-0.39, 0.29) is 11.4 Å². The van der Waals surface area contributed by atoms with Crippen LogP contribution in [0.15, 0.2) is 0 Å². The van der Waals surface area contributed by atoms with Crippen molar-refractivity contribution >= 4 is 17.9 Å². The number of alkyl halides is 12. The molecule has 2 aliphatic rings. The average molecular weight is 484 g/mol. The molecule has 0 aliphatic carbocycles. The summed E-state index contributed by atoms with van der Waals surface area (Å²) in [5, 5.41) is 0. The van der Waals surface area contributed by atoms with Gasteiger partial charge in [0.15, 0.2) is 0 Å². The summed E-state index contributed by atoms with van der Waals surface area (Å²) in [7, 11) is 0. The van der Waals surface area contributed by atoms with Crippen molar-refractivity contribution < 1.29 is 71.0 Å². The van der Waals surface area contributed by atoms with Crippen LogP contribution in [0, 0.1) is 0 Å². The van der Waals surface area contributed by atoms with Crippen LogP contribution < -0.4 is 0 Å². The van der Waals surface area contributed by atoms with Crippen molar-refractivity contribution in [2.45, 2.75) is 42.8 Å². The second-order valence-electron chi connectivity index (χ2n) is 5.50. The van der Waals surface area contributed by atoms with E-state index in [2.05, 4.69) is 18.3 Å². The van der Waals surface area contributed by atoms with Crippen molar-refractivity contribution in [3.63, 3.8) is 0 Å². The zero-order chi connectivity index (χ0) is 22.1. The van der Waals surface area contributed by atoms with Gasteiger partial charge in [-0.15, -0.1) is 0 Å². The molecule has 2 rings (SSSR count). The topological polar surface area (TPSA) is 36.9 Å². The molecule has 2 aliphatic heterocycles. The quantitative estimate of drug-likeness (QED) is 0.372. The molecule has 4 nitrogen and oxygen atoms in total. The van der Waals surface area contributed by atoms with Crippen molar-refractivity contribution in [1.82, 2.24) is 0 Å². The molecule has 28 heavy (non-hydrogen) atoms. The number of rotatable bonds is 2. The van der Waals surface area contributed by atoms with Gasteiger partial charge in [0.25, 0.3) is 0 Å². The second-order valence-corrected chi connectivity index (χ2v) is 12.0. The first kappa shape index (κ1) is 24.1. The first-order chi connectivity index (χ1) is 12.2. The minimum absolute atomic E-state index is 0.296. The van der Waals surface area contributed by atoms with Crippen molar-refractivity contribution in [3.8, 4) is 0 Å². The Hall–Kier alpha value is -0.220. The normalized spacial score (nSPS) is 28.2. The maximum atomic E-state index is 13.5. The molecule has 0 aromatic heterocycles. The summed E-state index contributed by atoms with van der Waals surface area (Å²) in [5.74, 6) is -0.612. The van der Waals surface area contributed by atoms with Crippen LogP contribution in [-0.2, 0) is 18.3 Å². The van der Waals surface area contributed by atoms with E-state index in [1.54, 1.807) is 0 Å². The predicted octanol–water partition coefficient (Wildman–Crippen LogP) is 5.69. The van der Waals surface area contributed by atoms with E-state index in [9.17, 15) is 52.7 Å². The third-order valence-corrected chi connectivity index (χ3v) is 10.4. The first-order valence-electron chi connectivity index (χ1n) is 6.83. The van der Waals surface area contributed by atoms with Gasteiger partial charge in [-0.1, -0.05) is 0 Å². The van der Waals surface area contributed by atoms with Crippen LogP contribution in [0.3, 0.4) is 0 Å². The fourth-order valence-electron chi connectivity index (χ4n) is 2.85. The molecule has 168 valence electrons. The van der Waals surface area contributed by atoms with Gasteiger partial charge in [0.1, 0.15) is 0 Å². The Balaban J connectivity index is 3.05. The summed E-state index contributed by atoms with van der Waals surface area (Å²) >= 11 is -0.296.